The van der Waals surface area contributed by atoms with E-state index in [1.165, 1.54) is 50.3 Å². The van der Waals surface area contributed by atoms with Gasteiger partial charge >= 0.3 is 0 Å². The molecule has 1 heterocycles. The van der Waals surface area contributed by atoms with E-state index in [0.29, 0.717) is 23.9 Å². The average molecular weight is 335 g/mol. The smallest absolute Gasteiger partial charge is 0.233 e. The number of nitrogens with zero attached hydrogens (tertiary/aromatic N) is 5. The summed E-state index contributed by atoms with van der Waals surface area (Å²) in [6.45, 7) is 2.22. The van der Waals surface area contributed by atoms with Crippen LogP contribution in [0.1, 0.15) is 64.3 Å². The molecule has 7 heteroatoms. The second-order valence-electron chi connectivity index (χ2n) is 7.24. The zero-order valence-electron chi connectivity index (χ0n) is 13.7. The Morgan fingerprint density at radius 1 is 1.26 bits per heavy atom. The van der Waals surface area contributed by atoms with Crippen molar-refractivity contribution in [1.29, 1.82) is 0 Å². The number of aromatic nitrogens is 4. The highest BCUT2D eigenvalue weighted by atomic mass is 32.2. The van der Waals surface area contributed by atoms with Gasteiger partial charge in [-0.05, 0) is 61.8 Å². The van der Waals surface area contributed by atoms with E-state index in [-0.39, 0.29) is 5.91 Å². The quantitative estimate of drug-likeness (QED) is 0.717. The van der Waals surface area contributed by atoms with Gasteiger partial charge in [0.2, 0.25) is 11.1 Å². The molecule has 1 atom stereocenters. The fourth-order valence-electron chi connectivity index (χ4n) is 3.78. The van der Waals surface area contributed by atoms with E-state index in [9.17, 15) is 4.79 Å². The third-order valence-electron chi connectivity index (χ3n) is 5.43. The molecule has 126 valence electrons. The number of rotatable bonds is 7. The van der Waals surface area contributed by atoms with Crippen LogP contribution < -0.4 is 0 Å². The van der Waals surface area contributed by atoms with Gasteiger partial charge in [0.15, 0.2) is 0 Å². The fourth-order valence-corrected chi connectivity index (χ4v) is 4.59. The number of hydrogen-bond acceptors (Lipinski definition) is 5. The van der Waals surface area contributed by atoms with E-state index in [1.807, 2.05) is 4.68 Å². The second-order valence-corrected chi connectivity index (χ2v) is 8.19. The standard InChI is InChI=1S/C16H25N5OS/c1-11(12-6-7-12)20(13-8-9-13)15(22)10-23-16-17-18-19-21(16)14-4-2-3-5-14/h11-14H,2-10H2,1H3. The van der Waals surface area contributed by atoms with E-state index in [1.54, 1.807) is 0 Å². The van der Waals surface area contributed by atoms with Crippen LogP contribution in [-0.2, 0) is 4.79 Å². The Labute approximate surface area is 141 Å². The van der Waals surface area contributed by atoms with Gasteiger partial charge in [-0.25, -0.2) is 4.68 Å². The van der Waals surface area contributed by atoms with Crippen molar-refractivity contribution in [2.45, 2.75) is 81.6 Å². The van der Waals surface area contributed by atoms with Gasteiger partial charge < -0.3 is 4.90 Å². The van der Waals surface area contributed by atoms with Gasteiger partial charge in [-0.1, -0.05) is 24.6 Å². The molecule has 23 heavy (non-hydrogen) atoms. The van der Waals surface area contributed by atoms with Crippen LogP contribution in [0, 0.1) is 5.92 Å². The van der Waals surface area contributed by atoms with Crippen molar-refractivity contribution in [3.05, 3.63) is 0 Å². The minimum absolute atomic E-state index is 0.262. The first-order valence-corrected chi connectivity index (χ1v) is 9.94. The van der Waals surface area contributed by atoms with E-state index in [4.69, 9.17) is 0 Å². The highest BCUT2D eigenvalue weighted by molar-refractivity contribution is 7.99. The Kier molecular flexibility index (Phi) is 4.30. The van der Waals surface area contributed by atoms with Crippen LogP contribution >= 0.6 is 11.8 Å². The molecule has 4 rings (SSSR count). The lowest BCUT2D eigenvalue weighted by Gasteiger charge is -2.29. The maximum atomic E-state index is 12.8. The Bertz CT molecular complexity index is 563. The summed E-state index contributed by atoms with van der Waals surface area (Å²) in [6, 6.07) is 1.32. The Morgan fingerprint density at radius 2 is 2.00 bits per heavy atom. The molecule has 3 aliphatic rings. The average Bonchev–Trinajstić information content (AvgIpc) is 3.46. The molecule has 0 spiro atoms. The maximum absolute atomic E-state index is 12.8. The number of hydrogen-bond donors (Lipinski definition) is 0. The second kappa shape index (κ2) is 6.42. The van der Waals surface area contributed by atoms with Gasteiger partial charge in [0, 0.05) is 12.1 Å². The molecular formula is C16H25N5OS. The highest BCUT2D eigenvalue weighted by Gasteiger charge is 2.41. The molecule has 6 nitrogen and oxygen atoms in total. The van der Waals surface area contributed by atoms with E-state index < -0.39 is 0 Å². The SMILES string of the molecule is CC(C1CC1)N(C(=O)CSc1nnnn1C1CCCC1)C1CC1. The van der Waals surface area contributed by atoms with Crippen molar-refractivity contribution >= 4 is 17.7 Å². The van der Waals surface area contributed by atoms with Gasteiger partial charge in [-0.15, -0.1) is 5.10 Å². The molecule has 3 fully saturated rings. The molecule has 1 unspecified atom stereocenters. The van der Waals surface area contributed by atoms with Crippen molar-refractivity contribution in [3.63, 3.8) is 0 Å². The third kappa shape index (κ3) is 3.39. The summed E-state index contributed by atoms with van der Waals surface area (Å²) in [5.74, 6) is 1.45. The first-order chi connectivity index (χ1) is 11.2. The predicted molar refractivity (Wildman–Crippen MR) is 88.1 cm³/mol. The van der Waals surface area contributed by atoms with Crippen LogP contribution in [-0.4, -0.2) is 48.9 Å². The summed E-state index contributed by atoms with van der Waals surface area (Å²) in [6.07, 6.45) is 9.72. The fraction of sp³-hybridized carbons (Fsp3) is 0.875. The lowest BCUT2D eigenvalue weighted by Crippen LogP contribution is -2.42. The predicted octanol–water partition coefficient (Wildman–Crippen LogP) is 2.67. The van der Waals surface area contributed by atoms with Gasteiger partial charge in [-0.3, -0.25) is 4.79 Å². The normalized spacial score (nSPS) is 23.2. The molecule has 0 saturated heterocycles. The summed E-state index contributed by atoms with van der Waals surface area (Å²) < 4.78 is 1.94. The number of amides is 1. The van der Waals surface area contributed by atoms with Crippen LogP contribution in [0.4, 0.5) is 0 Å². The largest absolute Gasteiger partial charge is 0.336 e. The molecule has 1 aromatic rings. The first-order valence-electron chi connectivity index (χ1n) is 8.96. The topological polar surface area (TPSA) is 63.9 Å². The lowest BCUT2D eigenvalue weighted by atomic mass is 10.2. The monoisotopic (exact) mass is 335 g/mol. The Morgan fingerprint density at radius 3 is 2.65 bits per heavy atom. The molecular weight excluding hydrogens is 310 g/mol. The summed E-state index contributed by atoms with van der Waals surface area (Å²) >= 11 is 1.51. The van der Waals surface area contributed by atoms with Crippen molar-refractivity contribution in [3.8, 4) is 0 Å². The van der Waals surface area contributed by atoms with Crippen LogP contribution in [0.2, 0.25) is 0 Å². The molecule has 0 N–H and O–H groups in total. The zero-order valence-corrected chi connectivity index (χ0v) is 14.5. The first kappa shape index (κ1) is 15.4. The van der Waals surface area contributed by atoms with Crippen molar-refractivity contribution < 1.29 is 4.79 Å². The lowest BCUT2D eigenvalue weighted by molar-refractivity contribution is -0.131. The minimum atomic E-state index is 0.262. The number of carbonyl (C=O) groups excluding carboxylic acids is 1. The van der Waals surface area contributed by atoms with Gasteiger partial charge in [0.05, 0.1) is 11.8 Å². The summed E-state index contributed by atoms with van der Waals surface area (Å²) in [5.41, 5.74) is 0. The van der Waals surface area contributed by atoms with E-state index in [2.05, 4.69) is 27.3 Å². The van der Waals surface area contributed by atoms with Crippen LogP contribution in [0.25, 0.3) is 0 Å². The molecule has 0 aromatic carbocycles. The van der Waals surface area contributed by atoms with Crippen molar-refractivity contribution in [2.75, 3.05) is 5.75 Å². The molecule has 0 aliphatic heterocycles. The highest BCUT2D eigenvalue weighted by Crippen LogP contribution is 2.40. The van der Waals surface area contributed by atoms with Crippen LogP contribution in [0.15, 0.2) is 5.16 Å². The molecule has 1 aromatic heterocycles. The third-order valence-corrected chi connectivity index (χ3v) is 6.35. The Hall–Kier alpha value is -1.11. The van der Waals surface area contributed by atoms with E-state index >= 15 is 0 Å². The summed E-state index contributed by atoms with van der Waals surface area (Å²) in [7, 11) is 0. The van der Waals surface area contributed by atoms with E-state index in [0.717, 1.165) is 23.9 Å². The van der Waals surface area contributed by atoms with Crippen LogP contribution in [0.5, 0.6) is 0 Å². The molecule has 3 aliphatic carbocycles. The van der Waals surface area contributed by atoms with Crippen LogP contribution in [0.3, 0.4) is 0 Å². The zero-order chi connectivity index (χ0) is 15.8. The van der Waals surface area contributed by atoms with Crippen molar-refractivity contribution in [2.24, 2.45) is 5.92 Å². The number of thioether (sulfide) groups is 1. The maximum Gasteiger partial charge on any atom is 0.233 e. The van der Waals surface area contributed by atoms with Gasteiger partial charge in [-0.2, -0.15) is 0 Å². The van der Waals surface area contributed by atoms with Gasteiger partial charge in [0.1, 0.15) is 0 Å². The molecule has 0 bridgehead atoms. The number of tetrazole rings is 1. The van der Waals surface area contributed by atoms with Gasteiger partial charge in [0.25, 0.3) is 0 Å². The molecule has 0 radical (unpaired) electrons. The molecule has 1 amide bonds. The number of carbonyl (C=O) groups is 1. The summed E-state index contributed by atoms with van der Waals surface area (Å²) in [5, 5.41) is 12.9. The molecule has 3 saturated carbocycles. The van der Waals surface area contributed by atoms with Crippen molar-refractivity contribution in [1.82, 2.24) is 25.1 Å². The Balaban J connectivity index is 1.38. The summed E-state index contributed by atoms with van der Waals surface area (Å²) in [4.78, 5) is 14.9. The minimum Gasteiger partial charge on any atom is -0.336 e.